The number of hydrogen-bond donors (Lipinski definition) is 0. The lowest BCUT2D eigenvalue weighted by atomic mass is 10.2. The van der Waals surface area contributed by atoms with Crippen molar-refractivity contribution in [1.82, 2.24) is 4.57 Å². The second-order valence-corrected chi connectivity index (χ2v) is 9.34. The fourth-order valence-corrected chi connectivity index (χ4v) is 4.64. The SMILES string of the molecule is CCCn1c(=NC(=O)c2ccc(OCC)cc2)sc2cc(S(C)(=O)=O)ccc21. The first-order valence-corrected chi connectivity index (χ1v) is 11.7. The van der Waals surface area contributed by atoms with Crippen LogP contribution in [0, 0.1) is 0 Å². The Morgan fingerprint density at radius 3 is 2.46 bits per heavy atom. The normalized spacial score (nSPS) is 12.5. The van der Waals surface area contributed by atoms with Crippen molar-refractivity contribution in [1.29, 1.82) is 0 Å². The number of amides is 1. The number of benzene rings is 2. The Bertz CT molecular complexity index is 1170. The molecule has 0 aliphatic carbocycles. The molecule has 0 radical (unpaired) electrons. The number of ether oxygens (including phenoxy) is 1. The molecule has 0 aliphatic heterocycles. The number of aryl methyl sites for hydroxylation is 1. The molecule has 0 fully saturated rings. The molecule has 6 nitrogen and oxygen atoms in total. The Hall–Kier alpha value is -2.45. The van der Waals surface area contributed by atoms with E-state index >= 15 is 0 Å². The van der Waals surface area contributed by atoms with E-state index in [0.29, 0.717) is 29.3 Å². The number of carbonyl (C=O) groups excluding carboxylic acids is 1. The molecule has 1 heterocycles. The lowest BCUT2D eigenvalue weighted by Crippen LogP contribution is -2.16. The molecule has 0 saturated heterocycles. The van der Waals surface area contributed by atoms with Gasteiger partial charge in [0.2, 0.25) is 0 Å². The molecule has 0 N–H and O–H groups in total. The maximum Gasteiger partial charge on any atom is 0.279 e. The Morgan fingerprint density at radius 2 is 1.86 bits per heavy atom. The molecule has 3 rings (SSSR count). The summed E-state index contributed by atoms with van der Waals surface area (Å²) in [5.74, 6) is 0.359. The van der Waals surface area contributed by atoms with Gasteiger partial charge in [0.05, 0.1) is 21.7 Å². The van der Waals surface area contributed by atoms with Crippen molar-refractivity contribution in [3.05, 3.63) is 52.8 Å². The highest BCUT2D eigenvalue weighted by Gasteiger charge is 2.13. The number of carbonyl (C=O) groups is 1. The quantitative estimate of drug-likeness (QED) is 0.612. The molecule has 0 saturated carbocycles. The third-order valence-corrected chi connectivity index (χ3v) is 6.29. The van der Waals surface area contributed by atoms with Gasteiger partial charge in [0.1, 0.15) is 5.75 Å². The van der Waals surface area contributed by atoms with Crippen LogP contribution < -0.4 is 9.54 Å². The minimum absolute atomic E-state index is 0.259. The van der Waals surface area contributed by atoms with Gasteiger partial charge in [-0.25, -0.2) is 8.42 Å². The van der Waals surface area contributed by atoms with E-state index in [1.54, 1.807) is 42.5 Å². The van der Waals surface area contributed by atoms with E-state index in [0.717, 1.165) is 16.6 Å². The zero-order valence-electron chi connectivity index (χ0n) is 16.0. The lowest BCUT2D eigenvalue weighted by Gasteiger charge is -2.04. The first-order valence-electron chi connectivity index (χ1n) is 8.99. The second-order valence-electron chi connectivity index (χ2n) is 6.31. The standard InChI is InChI=1S/C20H22N2O4S2/c1-4-12-22-17-11-10-16(28(3,24)25)13-18(17)27-20(22)21-19(23)14-6-8-15(9-7-14)26-5-2/h6-11,13H,4-5,12H2,1-3H3. The van der Waals surface area contributed by atoms with Gasteiger partial charge in [-0.1, -0.05) is 18.3 Å². The summed E-state index contributed by atoms with van der Waals surface area (Å²) in [7, 11) is -3.30. The number of sulfone groups is 1. The zero-order chi connectivity index (χ0) is 20.3. The average molecular weight is 419 g/mol. The van der Waals surface area contributed by atoms with Crippen LogP contribution in [0.1, 0.15) is 30.6 Å². The van der Waals surface area contributed by atoms with E-state index in [1.807, 2.05) is 18.4 Å². The van der Waals surface area contributed by atoms with Gasteiger partial charge in [-0.3, -0.25) is 4.79 Å². The van der Waals surface area contributed by atoms with Crippen LogP contribution in [0.3, 0.4) is 0 Å². The van der Waals surface area contributed by atoms with Gasteiger partial charge in [0.25, 0.3) is 5.91 Å². The maximum absolute atomic E-state index is 12.6. The van der Waals surface area contributed by atoms with E-state index in [2.05, 4.69) is 4.99 Å². The van der Waals surface area contributed by atoms with Crippen LogP contribution in [0.2, 0.25) is 0 Å². The van der Waals surface area contributed by atoms with E-state index < -0.39 is 9.84 Å². The van der Waals surface area contributed by atoms with Gasteiger partial charge >= 0.3 is 0 Å². The van der Waals surface area contributed by atoms with Crippen molar-refractivity contribution in [3.63, 3.8) is 0 Å². The molecule has 0 aliphatic rings. The second kappa shape index (κ2) is 8.28. The minimum Gasteiger partial charge on any atom is -0.494 e. The number of hydrogen-bond acceptors (Lipinski definition) is 5. The number of fused-ring (bicyclic) bond motifs is 1. The van der Waals surface area contributed by atoms with Gasteiger partial charge < -0.3 is 9.30 Å². The summed E-state index contributed by atoms with van der Waals surface area (Å²) in [5.41, 5.74) is 1.35. The smallest absolute Gasteiger partial charge is 0.279 e. The van der Waals surface area contributed by atoms with Gasteiger partial charge in [0.15, 0.2) is 14.6 Å². The van der Waals surface area contributed by atoms with Crippen LogP contribution in [0.4, 0.5) is 0 Å². The Morgan fingerprint density at radius 1 is 1.14 bits per heavy atom. The summed E-state index contributed by atoms with van der Waals surface area (Å²) in [5, 5.41) is 0. The van der Waals surface area contributed by atoms with Crippen LogP contribution in [0.25, 0.3) is 10.2 Å². The summed E-state index contributed by atoms with van der Waals surface area (Å²) in [6.07, 6.45) is 2.05. The maximum atomic E-state index is 12.6. The molecule has 0 atom stereocenters. The monoisotopic (exact) mass is 418 g/mol. The molecule has 148 valence electrons. The number of rotatable bonds is 6. The molecule has 8 heteroatoms. The molecule has 3 aromatic rings. The van der Waals surface area contributed by atoms with Crippen LogP contribution in [0.15, 0.2) is 52.4 Å². The summed E-state index contributed by atoms with van der Waals surface area (Å²) in [6, 6.07) is 11.9. The highest BCUT2D eigenvalue weighted by molar-refractivity contribution is 7.90. The van der Waals surface area contributed by atoms with E-state index in [9.17, 15) is 13.2 Å². The van der Waals surface area contributed by atoms with Crippen molar-refractivity contribution < 1.29 is 17.9 Å². The minimum atomic E-state index is -3.30. The predicted octanol–water partition coefficient (Wildman–Crippen LogP) is 3.66. The fourth-order valence-electron chi connectivity index (χ4n) is 2.82. The molecule has 2 aromatic carbocycles. The number of aromatic nitrogens is 1. The van der Waals surface area contributed by atoms with Gasteiger partial charge in [-0.15, -0.1) is 0 Å². The van der Waals surface area contributed by atoms with E-state index in [-0.39, 0.29) is 10.8 Å². The topological polar surface area (TPSA) is 77.7 Å². The molecule has 0 spiro atoms. The Balaban J connectivity index is 2.07. The van der Waals surface area contributed by atoms with Crippen molar-refractivity contribution in [2.45, 2.75) is 31.7 Å². The molecular formula is C20H22N2O4S2. The summed E-state index contributed by atoms with van der Waals surface area (Å²) < 4.78 is 31.8. The molecule has 1 aromatic heterocycles. The molecule has 0 unspecified atom stereocenters. The molecule has 28 heavy (non-hydrogen) atoms. The summed E-state index contributed by atoms with van der Waals surface area (Å²) >= 11 is 1.31. The van der Waals surface area contributed by atoms with Gasteiger partial charge in [-0.05, 0) is 55.8 Å². The fraction of sp³-hybridized carbons (Fsp3) is 0.300. The zero-order valence-corrected chi connectivity index (χ0v) is 17.6. The first kappa shape index (κ1) is 20.3. The largest absolute Gasteiger partial charge is 0.494 e. The van der Waals surface area contributed by atoms with Gasteiger partial charge in [0, 0.05) is 18.4 Å². The van der Waals surface area contributed by atoms with E-state index in [1.165, 1.54) is 17.6 Å². The van der Waals surface area contributed by atoms with Crippen molar-refractivity contribution in [2.24, 2.45) is 4.99 Å². The van der Waals surface area contributed by atoms with Gasteiger partial charge in [-0.2, -0.15) is 4.99 Å². The predicted molar refractivity (Wildman–Crippen MR) is 111 cm³/mol. The lowest BCUT2D eigenvalue weighted by molar-refractivity contribution is 0.0997. The number of thiazole rings is 1. The summed E-state index contributed by atoms with van der Waals surface area (Å²) in [6.45, 7) is 5.19. The van der Waals surface area contributed by atoms with Crippen LogP contribution in [-0.2, 0) is 16.4 Å². The Kier molecular flexibility index (Phi) is 6.00. The van der Waals surface area contributed by atoms with Crippen LogP contribution in [-0.4, -0.2) is 31.8 Å². The number of nitrogens with zero attached hydrogens (tertiary/aromatic N) is 2. The van der Waals surface area contributed by atoms with Crippen molar-refractivity contribution >= 4 is 37.3 Å². The van der Waals surface area contributed by atoms with E-state index in [4.69, 9.17) is 4.74 Å². The molecule has 0 bridgehead atoms. The molecule has 1 amide bonds. The third kappa shape index (κ3) is 4.34. The van der Waals surface area contributed by atoms with Crippen molar-refractivity contribution in [2.75, 3.05) is 12.9 Å². The van der Waals surface area contributed by atoms with Crippen molar-refractivity contribution in [3.8, 4) is 5.75 Å². The van der Waals surface area contributed by atoms with Crippen LogP contribution >= 0.6 is 11.3 Å². The average Bonchev–Trinajstić information content (AvgIpc) is 2.99. The third-order valence-electron chi connectivity index (χ3n) is 4.14. The summed E-state index contributed by atoms with van der Waals surface area (Å²) in [4.78, 5) is 17.8. The first-order chi connectivity index (χ1) is 13.3. The highest BCUT2D eigenvalue weighted by Crippen LogP contribution is 2.22. The highest BCUT2D eigenvalue weighted by atomic mass is 32.2. The Labute approximate surface area is 168 Å². The molecular weight excluding hydrogens is 396 g/mol. The van der Waals surface area contributed by atoms with Crippen LogP contribution in [0.5, 0.6) is 5.75 Å².